The molecule has 1 aliphatic heterocycles. The Morgan fingerprint density at radius 1 is 1.59 bits per heavy atom. The van der Waals surface area contributed by atoms with Crippen LogP contribution in [0.1, 0.15) is 29.6 Å². The van der Waals surface area contributed by atoms with Gasteiger partial charge in [-0.05, 0) is 19.9 Å². The van der Waals surface area contributed by atoms with Gasteiger partial charge in [-0.1, -0.05) is 0 Å². The number of nitrogens with one attached hydrogen (secondary N) is 1. The summed E-state index contributed by atoms with van der Waals surface area (Å²) in [5, 5.41) is 6.78. The first-order valence-electron chi connectivity index (χ1n) is 6.29. The van der Waals surface area contributed by atoms with E-state index in [1.165, 1.54) is 12.8 Å². The van der Waals surface area contributed by atoms with Crippen LogP contribution in [-0.2, 0) is 11.3 Å². The zero-order valence-electron chi connectivity index (χ0n) is 10.2. The highest BCUT2D eigenvalue weighted by Crippen LogP contribution is 2.25. The van der Waals surface area contributed by atoms with Crippen molar-refractivity contribution in [3.8, 4) is 0 Å². The third kappa shape index (κ3) is 3.04. The first-order valence-corrected chi connectivity index (χ1v) is 7.17. The molecule has 1 aromatic rings. The summed E-state index contributed by atoms with van der Waals surface area (Å²) in [6.45, 7) is 3.71. The molecule has 0 amide bonds. The molecule has 1 saturated heterocycles. The molecule has 4 nitrogen and oxygen atoms in total. The van der Waals surface area contributed by atoms with E-state index in [4.69, 9.17) is 4.74 Å². The van der Waals surface area contributed by atoms with E-state index >= 15 is 0 Å². The van der Waals surface area contributed by atoms with Crippen LogP contribution in [0.25, 0.3) is 0 Å². The molecule has 0 radical (unpaired) electrons. The lowest BCUT2D eigenvalue weighted by Gasteiger charge is -2.28. The smallest absolute Gasteiger partial charge is 0.123 e. The summed E-state index contributed by atoms with van der Waals surface area (Å²) in [5.41, 5.74) is 1.16. The number of likely N-dealkylation sites (N-methyl/N-ethyl adjacent to an activating group) is 1. The summed E-state index contributed by atoms with van der Waals surface area (Å²) < 4.78 is 5.77. The molecule has 17 heavy (non-hydrogen) atoms. The first-order chi connectivity index (χ1) is 8.31. The number of hydrogen-bond acceptors (Lipinski definition) is 5. The number of nitrogens with zero attached hydrogens (tertiary/aromatic N) is 2. The second-order valence-electron chi connectivity index (χ2n) is 4.95. The van der Waals surface area contributed by atoms with Crippen molar-refractivity contribution in [1.82, 2.24) is 15.2 Å². The Labute approximate surface area is 106 Å². The van der Waals surface area contributed by atoms with Gasteiger partial charge in [0.25, 0.3) is 0 Å². The zero-order chi connectivity index (χ0) is 11.7. The largest absolute Gasteiger partial charge is 0.368 e. The van der Waals surface area contributed by atoms with Crippen LogP contribution in [-0.4, -0.2) is 42.7 Å². The molecule has 3 rings (SSSR count). The Morgan fingerprint density at radius 3 is 3.24 bits per heavy atom. The maximum atomic E-state index is 5.77. The van der Waals surface area contributed by atoms with Gasteiger partial charge in [0.2, 0.25) is 0 Å². The van der Waals surface area contributed by atoms with Crippen molar-refractivity contribution in [3.63, 3.8) is 0 Å². The molecule has 5 heteroatoms. The average molecular weight is 253 g/mol. The Kier molecular flexibility index (Phi) is 3.42. The van der Waals surface area contributed by atoms with E-state index in [1.54, 1.807) is 11.3 Å². The van der Waals surface area contributed by atoms with Gasteiger partial charge in [0, 0.05) is 31.1 Å². The van der Waals surface area contributed by atoms with E-state index in [-0.39, 0.29) is 6.10 Å². The quantitative estimate of drug-likeness (QED) is 0.880. The molecule has 1 atom stereocenters. The second-order valence-corrected chi connectivity index (χ2v) is 5.84. The summed E-state index contributed by atoms with van der Waals surface area (Å²) in [6.07, 6.45) is 2.83. The molecule has 1 aliphatic carbocycles. The summed E-state index contributed by atoms with van der Waals surface area (Å²) in [6, 6.07) is 0.747. The number of rotatable bonds is 4. The van der Waals surface area contributed by atoms with Gasteiger partial charge in [-0.15, -0.1) is 11.3 Å². The molecule has 2 aliphatic rings. The predicted molar refractivity (Wildman–Crippen MR) is 68.2 cm³/mol. The minimum absolute atomic E-state index is 0.174. The van der Waals surface area contributed by atoms with Crippen LogP contribution in [0.5, 0.6) is 0 Å². The summed E-state index contributed by atoms with van der Waals surface area (Å²) in [5.74, 6) is 0. The maximum absolute atomic E-state index is 5.77. The molecule has 1 aromatic heterocycles. The topological polar surface area (TPSA) is 37.4 Å². The van der Waals surface area contributed by atoms with Crippen molar-refractivity contribution in [1.29, 1.82) is 0 Å². The molecular formula is C12H19N3OS. The number of aromatic nitrogens is 1. The Balaban J connectivity index is 1.58. The van der Waals surface area contributed by atoms with Gasteiger partial charge in [-0.3, -0.25) is 0 Å². The summed E-state index contributed by atoms with van der Waals surface area (Å²) in [7, 11) is 2.14. The van der Waals surface area contributed by atoms with Crippen molar-refractivity contribution in [2.24, 2.45) is 0 Å². The molecule has 1 unspecified atom stereocenters. The van der Waals surface area contributed by atoms with E-state index in [0.29, 0.717) is 0 Å². The van der Waals surface area contributed by atoms with Crippen LogP contribution in [0.2, 0.25) is 0 Å². The SMILES string of the molecule is CN1CCOC(c2nc(CNC3CC3)cs2)C1. The number of hydrogen-bond donors (Lipinski definition) is 1. The van der Waals surface area contributed by atoms with Gasteiger partial charge in [0.1, 0.15) is 11.1 Å². The molecule has 2 heterocycles. The van der Waals surface area contributed by atoms with Crippen LogP contribution in [0.15, 0.2) is 5.38 Å². The van der Waals surface area contributed by atoms with Crippen molar-refractivity contribution >= 4 is 11.3 Å². The normalized spacial score (nSPS) is 26.3. The van der Waals surface area contributed by atoms with Crippen LogP contribution in [0, 0.1) is 0 Å². The van der Waals surface area contributed by atoms with E-state index in [2.05, 4.69) is 27.6 Å². The monoisotopic (exact) mass is 253 g/mol. The van der Waals surface area contributed by atoms with Gasteiger partial charge in [-0.25, -0.2) is 4.98 Å². The lowest BCUT2D eigenvalue weighted by atomic mass is 10.3. The summed E-state index contributed by atoms with van der Waals surface area (Å²) >= 11 is 1.73. The molecule has 0 bridgehead atoms. The Morgan fingerprint density at radius 2 is 2.47 bits per heavy atom. The molecule has 0 aromatic carbocycles. The highest BCUT2D eigenvalue weighted by Gasteiger charge is 2.23. The van der Waals surface area contributed by atoms with Crippen LogP contribution < -0.4 is 5.32 Å². The molecular weight excluding hydrogens is 234 g/mol. The fourth-order valence-corrected chi connectivity index (χ4v) is 2.87. The predicted octanol–water partition coefficient (Wildman–Crippen LogP) is 1.40. The van der Waals surface area contributed by atoms with Gasteiger partial charge in [0.05, 0.1) is 12.3 Å². The van der Waals surface area contributed by atoms with Crippen molar-refractivity contribution < 1.29 is 4.74 Å². The lowest BCUT2D eigenvalue weighted by molar-refractivity contribution is -0.0210. The number of ether oxygens (including phenoxy) is 1. The molecule has 0 spiro atoms. The van der Waals surface area contributed by atoms with E-state index in [9.17, 15) is 0 Å². The van der Waals surface area contributed by atoms with Crippen molar-refractivity contribution in [2.75, 3.05) is 26.7 Å². The van der Waals surface area contributed by atoms with Gasteiger partial charge in [-0.2, -0.15) is 0 Å². The number of thiazole rings is 1. The Hall–Kier alpha value is -0.490. The van der Waals surface area contributed by atoms with Gasteiger partial charge >= 0.3 is 0 Å². The van der Waals surface area contributed by atoms with E-state index < -0.39 is 0 Å². The lowest BCUT2D eigenvalue weighted by Crippen LogP contribution is -2.35. The minimum atomic E-state index is 0.174. The third-order valence-corrected chi connectivity index (χ3v) is 4.25. The van der Waals surface area contributed by atoms with E-state index in [0.717, 1.165) is 43.0 Å². The van der Waals surface area contributed by atoms with Crippen molar-refractivity contribution in [2.45, 2.75) is 31.5 Å². The van der Waals surface area contributed by atoms with Crippen LogP contribution in [0.3, 0.4) is 0 Å². The van der Waals surface area contributed by atoms with Gasteiger partial charge in [0.15, 0.2) is 0 Å². The first kappa shape index (κ1) is 11.6. The van der Waals surface area contributed by atoms with Crippen molar-refractivity contribution in [3.05, 3.63) is 16.1 Å². The minimum Gasteiger partial charge on any atom is -0.368 e. The second kappa shape index (κ2) is 5.02. The van der Waals surface area contributed by atoms with E-state index in [1.807, 2.05) is 0 Å². The molecule has 1 N–H and O–H groups in total. The number of morpholine rings is 1. The van der Waals surface area contributed by atoms with Gasteiger partial charge < -0.3 is 15.0 Å². The zero-order valence-corrected chi connectivity index (χ0v) is 11.0. The van der Waals surface area contributed by atoms with Crippen LogP contribution >= 0.6 is 11.3 Å². The molecule has 2 fully saturated rings. The molecule has 1 saturated carbocycles. The van der Waals surface area contributed by atoms with Crippen LogP contribution in [0.4, 0.5) is 0 Å². The highest BCUT2D eigenvalue weighted by molar-refractivity contribution is 7.09. The third-order valence-electron chi connectivity index (χ3n) is 3.26. The highest BCUT2D eigenvalue weighted by atomic mass is 32.1. The summed E-state index contributed by atoms with van der Waals surface area (Å²) in [4.78, 5) is 6.98. The fraction of sp³-hybridized carbons (Fsp3) is 0.750. The maximum Gasteiger partial charge on any atom is 0.123 e. The Bertz CT molecular complexity index is 378. The molecule has 94 valence electrons. The standard InChI is InChI=1S/C12H19N3OS/c1-15-4-5-16-11(7-15)12-14-10(8-17-12)6-13-9-2-3-9/h8-9,11,13H,2-7H2,1H3. The fourth-order valence-electron chi connectivity index (χ4n) is 2.02. The average Bonchev–Trinajstić information content (AvgIpc) is 3.04.